The average molecular weight is 717 g/mol. The second-order valence-electron chi connectivity index (χ2n) is 12.5. The van der Waals surface area contributed by atoms with Crippen molar-refractivity contribution in [2.24, 2.45) is 0 Å². The molecule has 0 fully saturated rings. The number of allylic oxidation sites excluding steroid dienone is 4. The molecule has 0 aliphatic heterocycles. The number of phosphoric ester groups is 1. The zero-order valence-electron chi connectivity index (χ0n) is 31.4. The van der Waals surface area contributed by atoms with Gasteiger partial charge in [0.2, 0.25) is 0 Å². The van der Waals surface area contributed by atoms with Crippen molar-refractivity contribution in [1.82, 2.24) is 0 Å². The molecule has 0 aliphatic carbocycles. The molecular formula is C37H67Na2O8P. The van der Waals surface area contributed by atoms with E-state index in [-0.39, 0.29) is 78.6 Å². The quantitative estimate of drug-likeness (QED) is 0.0326. The molecule has 1 atom stereocenters. The molecule has 48 heavy (non-hydrogen) atoms. The molecule has 0 N–H and O–H groups in total. The van der Waals surface area contributed by atoms with Gasteiger partial charge in [-0.2, -0.15) is 0 Å². The molecule has 0 aromatic carbocycles. The Morgan fingerprint density at radius 2 is 0.958 bits per heavy atom. The van der Waals surface area contributed by atoms with Crippen molar-refractivity contribution < 1.29 is 97.1 Å². The molecule has 8 nitrogen and oxygen atoms in total. The molecule has 0 bridgehead atoms. The minimum atomic E-state index is -5.25. The maximum atomic E-state index is 12.3. The van der Waals surface area contributed by atoms with Gasteiger partial charge in [0.25, 0.3) is 0 Å². The van der Waals surface area contributed by atoms with Crippen LogP contribution in [-0.4, -0.2) is 31.3 Å². The van der Waals surface area contributed by atoms with Crippen LogP contribution in [-0.2, 0) is 28.2 Å². The summed E-state index contributed by atoms with van der Waals surface area (Å²) in [6.07, 6.45) is 35.7. The van der Waals surface area contributed by atoms with E-state index >= 15 is 0 Å². The number of rotatable bonds is 34. The summed E-state index contributed by atoms with van der Waals surface area (Å²) in [4.78, 5) is 46.3. The molecule has 0 amide bonds. The van der Waals surface area contributed by atoms with E-state index in [0.717, 1.165) is 51.4 Å². The third-order valence-corrected chi connectivity index (χ3v) is 8.43. The average Bonchev–Trinajstić information content (AvgIpc) is 3.02. The summed E-state index contributed by atoms with van der Waals surface area (Å²) in [5.41, 5.74) is 0. The zero-order valence-corrected chi connectivity index (χ0v) is 36.3. The zero-order chi connectivity index (χ0) is 34.0. The Bertz CT molecular complexity index is 819. The maximum absolute atomic E-state index is 12.3. The van der Waals surface area contributed by atoms with Crippen LogP contribution in [0, 0.1) is 0 Å². The van der Waals surface area contributed by atoms with Crippen molar-refractivity contribution in [2.45, 2.75) is 187 Å². The maximum Gasteiger partial charge on any atom is 1.00 e. The van der Waals surface area contributed by atoms with Gasteiger partial charge in [0.1, 0.15) is 6.61 Å². The summed E-state index contributed by atoms with van der Waals surface area (Å²) in [7, 11) is -5.25. The van der Waals surface area contributed by atoms with E-state index < -0.39 is 32.5 Å². The number of ether oxygens (including phenoxy) is 2. The van der Waals surface area contributed by atoms with Crippen LogP contribution in [0.2, 0.25) is 0 Å². The minimum absolute atomic E-state index is 0. The Hall–Kier alpha value is 0.530. The van der Waals surface area contributed by atoms with Crippen molar-refractivity contribution in [3.63, 3.8) is 0 Å². The molecule has 0 rings (SSSR count). The fraction of sp³-hybridized carbons (Fsp3) is 0.838. The predicted molar refractivity (Wildman–Crippen MR) is 184 cm³/mol. The number of esters is 2. The third-order valence-electron chi connectivity index (χ3n) is 7.96. The van der Waals surface area contributed by atoms with E-state index in [2.05, 4.69) is 42.7 Å². The van der Waals surface area contributed by atoms with Gasteiger partial charge in [-0.1, -0.05) is 147 Å². The van der Waals surface area contributed by atoms with E-state index in [1.54, 1.807) is 0 Å². The number of phosphoric acid groups is 1. The van der Waals surface area contributed by atoms with Crippen LogP contribution in [0.5, 0.6) is 0 Å². The number of hydrogen-bond acceptors (Lipinski definition) is 8. The van der Waals surface area contributed by atoms with Crippen LogP contribution in [0.4, 0.5) is 0 Å². The van der Waals surface area contributed by atoms with Crippen molar-refractivity contribution in [2.75, 3.05) is 13.2 Å². The van der Waals surface area contributed by atoms with Gasteiger partial charge < -0.3 is 28.3 Å². The van der Waals surface area contributed by atoms with Crippen molar-refractivity contribution in [3.8, 4) is 0 Å². The Labute approximate surface area is 338 Å². The second-order valence-corrected chi connectivity index (χ2v) is 13.7. The first kappa shape index (κ1) is 52.9. The standard InChI is InChI=1S/C37H69O8P.2Na/c1-3-5-7-9-11-13-15-17-18-20-22-24-26-28-30-32-37(39)45-35(34-44-46(40,41)42)33-43-36(38)31-29-27-25-23-21-19-16-14-12-10-8-6-4-2;;/h11,13,17-18,35H,3-10,12,14-16,19-34H2,1-2H3,(H2,40,41,42);;/q;2*+1/p-2/b13-11-,18-17-;;/t35-;;/m1../s1. The molecule has 0 radical (unpaired) electrons. The van der Waals surface area contributed by atoms with Gasteiger partial charge in [-0.05, 0) is 44.9 Å². The third kappa shape index (κ3) is 42.7. The van der Waals surface area contributed by atoms with Crippen molar-refractivity contribution in [3.05, 3.63) is 24.3 Å². The fourth-order valence-corrected chi connectivity index (χ4v) is 5.51. The Morgan fingerprint density at radius 3 is 1.44 bits per heavy atom. The van der Waals surface area contributed by atoms with Crippen molar-refractivity contribution in [1.29, 1.82) is 0 Å². The second kappa shape index (κ2) is 40.3. The number of unbranched alkanes of at least 4 members (excludes halogenated alkanes) is 20. The van der Waals surface area contributed by atoms with E-state index in [4.69, 9.17) is 9.47 Å². The molecule has 0 aromatic rings. The van der Waals surface area contributed by atoms with Crippen LogP contribution in [0.1, 0.15) is 181 Å². The summed E-state index contributed by atoms with van der Waals surface area (Å²) in [5.74, 6) is -0.969. The van der Waals surface area contributed by atoms with Gasteiger partial charge >= 0.3 is 71.1 Å². The first-order valence-electron chi connectivity index (χ1n) is 18.6. The summed E-state index contributed by atoms with van der Waals surface area (Å²) in [5, 5.41) is 0. The topological polar surface area (TPSA) is 125 Å². The fourth-order valence-electron chi connectivity index (χ4n) is 5.16. The smallest absolute Gasteiger partial charge is 0.790 e. The van der Waals surface area contributed by atoms with E-state index in [0.29, 0.717) is 12.8 Å². The van der Waals surface area contributed by atoms with Crippen LogP contribution >= 0.6 is 7.82 Å². The SMILES string of the molecule is CCCCC/C=C\C/C=C\CCCCCCCC(=O)O[C@H](COC(=O)CCCCCCCCCCCCCCC)COP(=O)([O-])[O-].[Na+].[Na+]. The molecule has 0 spiro atoms. The van der Waals surface area contributed by atoms with Gasteiger partial charge in [-0.3, -0.25) is 9.59 Å². The van der Waals surface area contributed by atoms with Gasteiger partial charge in [-0.25, -0.2) is 0 Å². The Morgan fingerprint density at radius 1 is 0.562 bits per heavy atom. The van der Waals surface area contributed by atoms with Gasteiger partial charge in [-0.15, -0.1) is 0 Å². The van der Waals surface area contributed by atoms with E-state index in [1.165, 1.54) is 89.9 Å². The van der Waals surface area contributed by atoms with Gasteiger partial charge in [0, 0.05) is 12.8 Å². The summed E-state index contributed by atoms with van der Waals surface area (Å²) < 4.78 is 25.7. The Balaban J connectivity index is -0.0000101. The molecule has 0 heterocycles. The molecule has 0 saturated carbocycles. The minimum Gasteiger partial charge on any atom is -0.790 e. The normalized spacial score (nSPS) is 12.2. The van der Waals surface area contributed by atoms with Gasteiger partial charge in [0.15, 0.2) is 6.10 Å². The molecule has 270 valence electrons. The summed E-state index contributed by atoms with van der Waals surface area (Å²) in [6, 6.07) is 0. The van der Waals surface area contributed by atoms with Crippen LogP contribution in [0.25, 0.3) is 0 Å². The molecule has 0 unspecified atom stereocenters. The molecule has 11 heteroatoms. The molecule has 0 saturated heterocycles. The van der Waals surface area contributed by atoms with Crippen molar-refractivity contribution >= 4 is 19.8 Å². The summed E-state index contributed by atoms with van der Waals surface area (Å²) >= 11 is 0. The summed E-state index contributed by atoms with van der Waals surface area (Å²) in [6.45, 7) is 3.45. The molecular weight excluding hydrogens is 649 g/mol. The molecule has 0 aliphatic rings. The van der Waals surface area contributed by atoms with Crippen LogP contribution in [0.15, 0.2) is 24.3 Å². The van der Waals surface area contributed by atoms with Crippen LogP contribution in [0.3, 0.4) is 0 Å². The number of carbonyl (C=O) groups is 2. The predicted octanol–water partition coefficient (Wildman–Crippen LogP) is 3.59. The largest absolute Gasteiger partial charge is 1.00 e. The molecule has 0 aromatic heterocycles. The first-order valence-corrected chi connectivity index (χ1v) is 20.1. The van der Waals surface area contributed by atoms with E-state index in [9.17, 15) is 23.9 Å². The van der Waals surface area contributed by atoms with E-state index in [1.807, 2.05) is 0 Å². The first-order chi connectivity index (χ1) is 22.3. The van der Waals surface area contributed by atoms with Crippen LogP contribution < -0.4 is 68.9 Å². The van der Waals surface area contributed by atoms with Gasteiger partial charge in [0.05, 0.1) is 14.4 Å². The Kier molecular flexibility index (Phi) is 44.4. The number of hydrogen-bond donors (Lipinski definition) is 0. The number of carbonyl (C=O) groups excluding carboxylic acids is 2. The monoisotopic (exact) mass is 716 g/mol.